The molecule has 4 aromatic rings. The molecule has 1 saturated heterocycles. The van der Waals surface area contributed by atoms with E-state index in [1.165, 1.54) is 11.8 Å². The van der Waals surface area contributed by atoms with Gasteiger partial charge in [-0.05, 0) is 43.2 Å². The van der Waals surface area contributed by atoms with E-state index in [1.807, 2.05) is 46.9 Å². The van der Waals surface area contributed by atoms with Crippen LogP contribution in [0.5, 0.6) is 0 Å². The fraction of sp³-hybridized carbons (Fsp3) is 0.286. The highest BCUT2D eigenvalue weighted by Gasteiger charge is 2.18. The van der Waals surface area contributed by atoms with Gasteiger partial charge in [0, 0.05) is 23.0 Å². The van der Waals surface area contributed by atoms with Crippen LogP contribution in [0.25, 0.3) is 27.6 Å². The Bertz CT molecular complexity index is 1220. The molecule has 148 valence electrons. The number of aromatic nitrogens is 3. The molecule has 2 aromatic heterocycles. The van der Waals surface area contributed by atoms with Gasteiger partial charge < -0.3 is 10.1 Å². The molecule has 0 radical (unpaired) electrons. The first-order chi connectivity index (χ1) is 14.2. The van der Waals surface area contributed by atoms with Crippen molar-refractivity contribution in [3.63, 3.8) is 0 Å². The summed E-state index contributed by atoms with van der Waals surface area (Å²) in [6.07, 6.45) is 2.22. The molecule has 2 aromatic carbocycles. The minimum atomic E-state index is -0.0132. The van der Waals surface area contributed by atoms with Gasteiger partial charge in [-0.3, -0.25) is 9.20 Å². The largest absolute Gasteiger partial charge is 0.376 e. The zero-order valence-electron chi connectivity index (χ0n) is 15.6. The van der Waals surface area contributed by atoms with Gasteiger partial charge in [0.25, 0.3) is 0 Å². The number of fused-ring (bicyclic) bond motifs is 5. The van der Waals surface area contributed by atoms with Crippen molar-refractivity contribution in [2.45, 2.75) is 24.1 Å². The lowest BCUT2D eigenvalue weighted by Gasteiger charge is -2.11. The van der Waals surface area contributed by atoms with E-state index in [2.05, 4.69) is 21.2 Å². The van der Waals surface area contributed by atoms with Crippen LogP contribution in [0, 0.1) is 0 Å². The van der Waals surface area contributed by atoms with Crippen LogP contribution < -0.4 is 5.32 Å². The number of nitrogens with one attached hydrogen (secondary N) is 1. The van der Waals surface area contributed by atoms with Crippen molar-refractivity contribution in [1.29, 1.82) is 0 Å². The second-order valence-electron chi connectivity index (χ2n) is 7.04. The second kappa shape index (κ2) is 7.93. The number of carbonyl (C=O) groups excluding carboxylic acids is 1. The maximum atomic E-state index is 12.4. The van der Waals surface area contributed by atoms with Crippen LogP contribution >= 0.6 is 27.7 Å². The summed E-state index contributed by atoms with van der Waals surface area (Å²) in [7, 11) is 0. The van der Waals surface area contributed by atoms with Crippen LogP contribution in [-0.2, 0) is 9.53 Å². The Balaban J connectivity index is 1.48. The molecular formula is C21H19BrN4O2S. The number of imidazole rings is 1. The fourth-order valence-corrected chi connectivity index (χ4v) is 4.85. The van der Waals surface area contributed by atoms with Crippen molar-refractivity contribution < 1.29 is 9.53 Å². The third kappa shape index (κ3) is 3.72. The van der Waals surface area contributed by atoms with Crippen LogP contribution in [0.3, 0.4) is 0 Å². The molecule has 0 bridgehead atoms. The van der Waals surface area contributed by atoms with Gasteiger partial charge in [-0.1, -0.05) is 39.8 Å². The number of amides is 1. The van der Waals surface area contributed by atoms with Crippen LogP contribution in [0.2, 0.25) is 0 Å². The van der Waals surface area contributed by atoms with Gasteiger partial charge in [0.05, 0.1) is 28.4 Å². The average Bonchev–Trinajstić information content (AvgIpc) is 3.38. The molecule has 8 heteroatoms. The molecule has 0 unspecified atom stereocenters. The van der Waals surface area contributed by atoms with E-state index in [1.54, 1.807) is 0 Å². The molecule has 3 heterocycles. The lowest BCUT2D eigenvalue weighted by molar-refractivity contribution is -0.119. The van der Waals surface area contributed by atoms with Crippen molar-refractivity contribution in [3.8, 4) is 0 Å². The second-order valence-corrected chi connectivity index (χ2v) is 8.90. The first-order valence-electron chi connectivity index (χ1n) is 9.56. The summed E-state index contributed by atoms with van der Waals surface area (Å²) in [5.74, 6) is 0.282. The lowest BCUT2D eigenvalue weighted by atomic mass is 10.2. The van der Waals surface area contributed by atoms with Gasteiger partial charge in [-0.2, -0.15) is 0 Å². The smallest absolute Gasteiger partial charge is 0.230 e. The standard InChI is InChI=1S/C21H19BrN4O2S/c22-13-7-8-16-15(10-13)20-24-17-5-1-2-6-18(17)26(20)21(25-16)29-12-19(27)23-11-14-4-3-9-28-14/h1-2,5-8,10,14H,3-4,9,11-12H2,(H,23,27)/t14-/m1/s1. The number of benzene rings is 2. The van der Waals surface area contributed by atoms with Crippen molar-refractivity contribution in [2.24, 2.45) is 0 Å². The zero-order chi connectivity index (χ0) is 19.8. The third-order valence-electron chi connectivity index (χ3n) is 5.05. The van der Waals surface area contributed by atoms with E-state index in [9.17, 15) is 4.79 Å². The molecule has 1 fully saturated rings. The first-order valence-corrected chi connectivity index (χ1v) is 11.3. The molecule has 5 rings (SSSR count). The van der Waals surface area contributed by atoms with Gasteiger partial charge in [0.15, 0.2) is 5.16 Å². The van der Waals surface area contributed by atoms with Crippen molar-refractivity contribution >= 4 is 61.2 Å². The van der Waals surface area contributed by atoms with Gasteiger partial charge in [-0.15, -0.1) is 0 Å². The number of rotatable bonds is 5. The summed E-state index contributed by atoms with van der Waals surface area (Å²) in [6.45, 7) is 1.36. The van der Waals surface area contributed by atoms with Crippen molar-refractivity contribution in [1.82, 2.24) is 19.7 Å². The van der Waals surface area contributed by atoms with E-state index in [4.69, 9.17) is 14.7 Å². The maximum absolute atomic E-state index is 12.4. The van der Waals surface area contributed by atoms with Crippen molar-refractivity contribution in [2.75, 3.05) is 18.9 Å². The number of ether oxygens (including phenoxy) is 1. The van der Waals surface area contributed by atoms with E-state index >= 15 is 0 Å². The highest BCUT2D eigenvalue weighted by atomic mass is 79.9. The summed E-state index contributed by atoms with van der Waals surface area (Å²) in [4.78, 5) is 22.0. The zero-order valence-corrected chi connectivity index (χ0v) is 18.0. The molecule has 1 N–H and O–H groups in total. The van der Waals surface area contributed by atoms with Gasteiger partial charge in [0.2, 0.25) is 5.91 Å². The first kappa shape index (κ1) is 18.8. The molecule has 1 amide bonds. The number of carbonyl (C=O) groups is 1. The van der Waals surface area contributed by atoms with E-state index in [0.717, 1.165) is 56.7 Å². The molecule has 0 spiro atoms. The highest BCUT2D eigenvalue weighted by molar-refractivity contribution is 9.10. The van der Waals surface area contributed by atoms with E-state index in [-0.39, 0.29) is 12.0 Å². The SMILES string of the molecule is O=C(CSc1nc2ccc(Br)cc2c2nc3ccccc3n12)NC[C@H]1CCCO1. The Labute approximate surface area is 180 Å². The topological polar surface area (TPSA) is 68.5 Å². The number of thioether (sulfide) groups is 1. The molecular weight excluding hydrogens is 452 g/mol. The Morgan fingerprint density at radius 3 is 3.00 bits per heavy atom. The molecule has 0 saturated carbocycles. The number of halogens is 1. The predicted octanol–water partition coefficient (Wildman–Crippen LogP) is 4.19. The summed E-state index contributed by atoms with van der Waals surface area (Å²) < 4.78 is 8.59. The van der Waals surface area contributed by atoms with Crippen LogP contribution in [0.1, 0.15) is 12.8 Å². The molecule has 0 aliphatic carbocycles. The Morgan fingerprint density at radius 2 is 2.14 bits per heavy atom. The molecule has 1 aliphatic rings. The molecule has 1 aliphatic heterocycles. The number of hydrogen-bond donors (Lipinski definition) is 1. The number of para-hydroxylation sites is 2. The summed E-state index contributed by atoms with van der Waals surface area (Å²) in [5, 5.41) is 4.71. The summed E-state index contributed by atoms with van der Waals surface area (Å²) >= 11 is 4.97. The van der Waals surface area contributed by atoms with Crippen LogP contribution in [-0.4, -0.2) is 45.3 Å². The monoisotopic (exact) mass is 470 g/mol. The Hall–Kier alpha value is -2.16. The summed E-state index contributed by atoms with van der Waals surface area (Å²) in [6, 6.07) is 14.0. The average molecular weight is 471 g/mol. The lowest BCUT2D eigenvalue weighted by Crippen LogP contribution is -2.32. The fourth-order valence-electron chi connectivity index (χ4n) is 3.65. The van der Waals surface area contributed by atoms with Gasteiger partial charge in [0.1, 0.15) is 5.65 Å². The number of nitrogens with zero attached hydrogens (tertiary/aromatic N) is 3. The van der Waals surface area contributed by atoms with E-state index in [0.29, 0.717) is 12.3 Å². The van der Waals surface area contributed by atoms with Crippen molar-refractivity contribution in [3.05, 3.63) is 46.9 Å². The quantitative estimate of drug-likeness (QED) is 0.349. The summed E-state index contributed by atoms with van der Waals surface area (Å²) in [5.41, 5.74) is 3.60. The van der Waals surface area contributed by atoms with Gasteiger partial charge in [-0.25, -0.2) is 9.97 Å². The van der Waals surface area contributed by atoms with Gasteiger partial charge >= 0.3 is 0 Å². The van der Waals surface area contributed by atoms with Crippen LogP contribution in [0.4, 0.5) is 0 Å². The normalized spacial score (nSPS) is 16.8. The minimum Gasteiger partial charge on any atom is -0.376 e. The maximum Gasteiger partial charge on any atom is 0.230 e. The number of hydrogen-bond acceptors (Lipinski definition) is 5. The Kier molecular flexibility index (Phi) is 5.15. The van der Waals surface area contributed by atoms with Crippen LogP contribution in [0.15, 0.2) is 52.1 Å². The minimum absolute atomic E-state index is 0.0132. The predicted molar refractivity (Wildman–Crippen MR) is 118 cm³/mol. The molecule has 6 nitrogen and oxygen atoms in total. The third-order valence-corrected chi connectivity index (χ3v) is 6.48. The van der Waals surface area contributed by atoms with E-state index < -0.39 is 0 Å². The highest BCUT2D eigenvalue weighted by Crippen LogP contribution is 2.30. The molecule has 29 heavy (non-hydrogen) atoms. The molecule has 1 atom stereocenters. The Morgan fingerprint density at radius 1 is 1.24 bits per heavy atom.